The first kappa shape index (κ1) is 22.0. The average molecular weight is 460 g/mol. The lowest BCUT2D eigenvalue weighted by Gasteiger charge is -2.12. The fourth-order valence-electron chi connectivity index (χ4n) is 3.19. The van der Waals surface area contributed by atoms with Crippen molar-refractivity contribution in [2.75, 3.05) is 17.2 Å². The first-order valence-corrected chi connectivity index (χ1v) is 10.7. The van der Waals surface area contributed by atoms with Crippen LogP contribution in [0.15, 0.2) is 83.3 Å². The van der Waals surface area contributed by atoms with Gasteiger partial charge in [-0.2, -0.15) is 0 Å². The van der Waals surface area contributed by atoms with E-state index in [0.717, 1.165) is 5.39 Å². The molecule has 7 nitrogen and oxygen atoms in total. The van der Waals surface area contributed by atoms with E-state index in [9.17, 15) is 9.59 Å². The molecule has 2 amide bonds. The summed E-state index contributed by atoms with van der Waals surface area (Å²) in [7, 11) is 0. The number of hydrogen-bond acceptors (Lipinski definition) is 5. The Morgan fingerprint density at radius 1 is 0.879 bits per heavy atom. The van der Waals surface area contributed by atoms with Crippen molar-refractivity contribution in [2.45, 2.75) is 6.92 Å². The molecule has 0 saturated carbocycles. The molecule has 0 unspecified atom stereocenters. The summed E-state index contributed by atoms with van der Waals surface area (Å²) in [5.41, 5.74) is 2.22. The van der Waals surface area contributed by atoms with Gasteiger partial charge in [0.05, 0.1) is 6.61 Å². The van der Waals surface area contributed by atoms with Gasteiger partial charge in [0.25, 0.3) is 11.8 Å². The number of ether oxygens (including phenoxy) is 1. The van der Waals surface area contributed by atoms with Crippen LogP contribution >= 0.6 is 12.2 Å². The monoisotopic (exact) mass is 459 g/mol. The minimum atomic E-state index is -0.367. The topological polar surface area (TPSA) is 92.6 Å². The molecule has 3 N–H and O–H groups in total. The maximum Gasteiger partial charge on any atom is 0.291 e. The second kappa shape index (κ2) is 9.97. The van der Waals surface area contributed by atoms with Gasteiger partial charge in [-0.1, -0.05) is 30.3 Å². The summed E-state index contributed by atoms with van der Waals surface area (Å²) < 4.78 is 11.0. The molecule has 0 bridgehead atoms. The van der Waals surface area contributed by atoms with Gasteiger partial charge in [0.1, 0.15) is 11.3 Å². The van der Waals surface area contributed by atoms with Gasteiger partial charge in [-0.3, -0.25) is 14.9 Å². The van der Waals surface area contributed by atoms with E-state index in [2.05, 4.69) is 16.0 Å². The molecule has 8 heteroatoms. The lowest BCUT2D eigenvalue weighted by molar-refractivity contribution is 0.0975. The molecule has 0 atom stereocenters. The number of benzene rings is 3. The van der Waals surface area contributed by atoms with Crippen molar-refractivity contribution in [1.29, 1.82) is 0 Å². The molecule has 4 rings (SSSR count). The fourth-order valence-corrected chi connectivity index (χ4v) is 3.40. The Hall–Kier alpha value is -4.17. The molecule has 1 heterocycles. The van der Waals surface area contributed by atoms with E-state index >= 15 is 0 Å². The molecule has 3 aromatic carbocycles. The van der Waals surface area contributed by atoms with Crippen LogP contribution in [0.2, 0.25) is 0 Å². The Kier molecular flexibility index (Phi) is 6.66. The number of para-hydroxylation sites is 1. The second-order valence-electron chi connectivity index (χ2n) is 7.05. The molecule has 0 aliphatic carbocycles. The van der Waals surface area contributed by atoms with E-state index in [-0.39, 0.29) is 22.7 Å². The highest BCUT2D eigenvalue weighted by molar-refractivity contribution is 7.80. The summed E-state index contributed by atoms with van der Waals surface area (Å²) in [6.07, 6.45) is 0. The highest BCUT2D eigenvalue weighted by atomic mass is 32.1. The first-order valence-electron chi connectivity index (χ1n) is 10.3. The second-order valence-corrected chi connectivity index (χ2v) is 7.46. The van der Waals surface area contributed by atoms with Crippen LogP contribution in [0.5, 0.6) is 5.75 Å². The van der Waals surface area contributed by atoms with Crippen molar-refractivity contribution < 1.29 is 18.7 Å². The average Bonchev–Trinajstić information content (AvgIpc) is 3.24. The van der Waals surface area contributed by atoms with Crippen LogP contribution in [0.25, 0.3) is 11.0 Å². The zero-order valence-corrected chi connectivity index (χ0v) is 18.6. The van der Waals surface area contributed by atoms with E-state index < -0.39 is 0 Å². The van der Waals surface area contributed by atoms with E-state index in [1.54, 1.807) is 60.7 Å². The van der Waals surface area contributed by atoms with Gasteiger partial charge >= 0.3 is 0 Å². The summed E-state index contributed by atoms with van der Waals surface area (Å²) >= 11 is 5.26. The van der Waals surface area contributed by atoms with Gasteiger partial charge in [0, 0.05) is 22.3 Å². The maximum atomic E-state index is 12.6. The smallest absolute Gasteiger partial charge is 0.291 e. The largest absolute Gasteiger partial charge is 0.494 e. The predicted octanol–water partition coefficient (Wildman–Crippen LogP) is 5.21. The van der Waals surface area contributed by atoms with Crippen LogP contribution in [0, 0.1) is 0 Å². The van der Waals surface area contributed by atoms with Gasteiger partial charge in [0.15, 0.2) is 10.9 Å². The van der Waals surface area contributed by atoms with Crippen molar-refractivity contribution in [3.8, 4) is 5.75 Å². The van der Waals surface area contributed by atoms with Crippen LogP contribution in [0.4, 0.5) is 11.4 Å². The molecule has 33 heavy (non-hydrogen) atoms. The number of hydrogen-bond donors (Lipinski definition) is 3. The van der Waals surface area contributed by atoms with E-state index in [4.69, 9.17) is 21.4 Å². The predicted molar refractivity (Wildman–Crippen MR) is 132 cm³/mol. The fraction of sp³-hybridized carbons (Fsp3) is 0.0800. The van der Waals surface area contributed by atoms with Crippen LogP contribution < -0.4 is 20.7 Å². The van der Waals surface area contributed by atoms with Gasteiger partial charge in [-0.05, 0) is 67.7 Å². The third kappa shape index (κ3) is 5.55. The minimum Gasteiger partial charge on any atom is -0.494 e. The van der Waals surface area contributed by atoms with Crippen molar-refractivity contribution in [1.82, 2.24) is 5.32 Å². The van der Waals surface area contributed by atoms with Gasteiger partial charge in [-0.15, -0.1) is 0 Å². The van der Waals surface area contributed by atoms with Crippen molar-refractivity contribution >= 4 is 51.5 Å². The molecule has 166 valence electrons. The van der Waals surface area contributed by atoms with Gasteiger partial charge in [-0.25, -0.2) is 0 Å². The van der Waals surface area contributed by atoms with Crippen LogP contribution in [-0.4, -0.2) is 23.5 Å². The SMILES string of the molecule is CCOc1cccc(C(=O)NC(=S)Nc2cccc(NC(=O)c3cc4ccccc4o3)c2)c1. The molecule has 0 fully saturated rings. The third-order valence-corrected chi connectivity index (χ3v) is 4.87. The summed E-state index contributed by atoms with van der Waals surface area (Å²) in [6, 6.07) is 22.9. The third-order valence-electron chi connectivity index (χ3n) is 4.66. The molecular weight excluding hydrogens is 438 g/mol. The molecule has 0 aliphatic rings. The number of rotatable bonds is 6. The molecule has 4 aromatic rings. The molecule has 0 radical (unpaired) electrons. The number of carbonyl (C=O) groups is 2. The lowest BCUT2D eigenvalue weighted by Crippen LogP contribution is -2.34. The summed E-state index contributed by atoms with van der Waals surface area (Å²) in [4.78, 5) is 25.1. The van der Waals surface area contributed by atoms with Gasteiger partial charge < -0.3 is 19.8 Å². The number of fused-ring (bicyclic) bond motifs is 1. The van der Waals surface area contributed by atoms with Crippen LogP contribution in [-0.2, 0) is 0 Å². The van der Waals surface area contributed by atoms with E-state index in [0.29, 0.717) is 34.9 Å². The zero-order valence-electron chi connectivity index (χ0n) is 17.8. The Morgan fingerprint density at radius 3 is 2.42 bits per heavy atom. The molecule has 0 aliphatic heterocycles. The highest BCUT2D eigenvalue weighted by Crippen LogP contribution is 2.21. The quantitative estimate of drug-likeness (QED) is 0.343. The Balaban J connectivity index is 1.38. The summed E-state index contributed by atoms with van der Waals surface area (Å²) in [5.74, 6) is 0.0976. The molecule has 1 aromatic heterocycles. The minimum absolute atomic E-state index is 0.127. The number of anilines is 2. The zero-order chi connectivity index (χ0) is 23.2. The number of thiocarbonyl (C=S) groups is 1. The van der Waals surface area contributed by atoms with Crippen molar-refractivity contribution in [2.24, 2.45) is 0 Å². The Labute approximate surface area is 195 Å². The Bertz CT molecular complexity index is 1300. The number of furan rings is 1. The number of amides is 2. The number of carbonyl (C=O) groups excluding carboxylic acids is 2. The van der Waals surface area contributed by atoms with E-state index in [1.807, 2.05) is 25.1 Å². The van der Waals surface area contributed by atoms with Crippen molar-refractivity contribution in [3.63, 3.8) is 0 Å². The normalized spacial score (nSPS) is 10.5. The molecule has 0 saturated heterocycles. The van der Waals surface area contributed by atoms with E-state index in [1.165, 1.54) is 0 Å². The van der Waals surface area contributed by atoms with Crippen LogP contribution in [0.3, 0.4) is 0 Å². The summed E-state index contributed by atoms with van der Waals surface area (Å²) in [5, 5.41) is 9.37. The molecule has 0 spiro atoms. The lowest BCUT2D eigenvalue weighted by atomic mass is 10.2. The number of nitrogens with one attached hydrogen (secondary N) is 3. The first-order chi connectivity index (χ1) is 16.0. The highest BCUT2D eigenvalue weighted by Gasteiger charge is 2.13. The Morgan fingerprint density at radius 2 is 1.64 bits per heavy atom. The van der Waals surface area contributed by atoms with Crippen LogP contribution in [0.1, 0.15) is 27.8 Å². The standard InChI is InChI=1S/C25H21N3O4S/c1-2-31-20-11-5-8-17(13-20)23(29)28-25(33)27-19-10-6-9-18(15-19)26-24(30)22-14-16-7-3-4-12-21(16)32-22/h3-15H,2H2,1H3,(H,26,30)(H2,27,28,29,33). The van der Waals surface area contributed by atoms with Gasteiger partial charge in [0.2, 0.25) is 0 Å². The summed E-state index contributed by atoms with van der Waals surface area (Å²) in [6.45, 7) is 2.38. The van der Waals surface area contributed by atoms with Crippen molar-refractivity contribution in [3.05, 3.63) is 90.2 Å². The maximum absolute atomic E-state index is 12.6. The molecular formula is C25H21N3O4S.